The van der Waals surface area contributed by atoms with Crippen molar-refractivity contribution in [3.8, 4) is 0 Å². The third-order valence-electron chi connectivity index (χ3n) is 2.19. The van der Waals surface area contributed by atoms with Crippen LogP contribution in [0.2, 0.25) is 0 Å². The van der Waals surface area contributed by atoms with Gasteiger partial charge in [0.25, 0.3) is 0 Å². The van der Waals surface area contributed by atoms with Crippen LogP contribution < -0.4 is 5.73 Å². The first-order valence-electron chi connectivity index (χ1n) is 4.95. The molecule has 0 aliphatic carbocycles. The molecular formula is C10H23NO. The van der Waals surface area contributed by atoms with E-state index in [0.29, 0.717) is 6.61 Å². The number of hydrogen-bond acceptors (Lipinski definition) is 2. The number of rotatable bonds is 7. The van der Waals surface area contributed by atoms with Gasteiger partial charge in [0.2, 0.25) is 0 Å². The third-order valence-corrected chi connectivity index (χ3v) is 2.19. The van der Waals surface area contributed by atoms with Crippen molar-refractivity contribution >= 4 is 0 Å². The standard InChI is InChI=1S/C10H23NO/c1-4-5-9(2)6-7-10(11)8-12-3/h9-10H,4-8,11H2,1-3H3/t9-,10?/m1/s1. The maximum Gasteiger partial charge on any atom is 0.0613 e. The van der Waals surface area contributed by atoms with Crippen molar-refractivity contribution in [2.75, 3.05) is 13.7 Å². The molecule has 2 N–H and O–H groups in total. The van der Waals surface area contributed by atoms with Crippen molar-refractivity contribution in [3.05, 3.63) is 0 Å². The van der Waals surface area contributed by atoms with Gasteiger partial charge in [-0.05, 0) is 18.8 Å². The minimum Gasteiger partial charge on any atom is -0.383 e. The Morgan fingerprint density at radius 3 is 2.42 bits per heavy atom. The fourth-order valence-electron chi connectivity index (χ4n) is 1.43. The second kappa shape index (κ2) is 7.56. The summed E-state index contributed by atoms with van der Waals surface area (Å²) in [6.45, 7) is 5.22. The average Bonchev–Trinajstić information content (AvgIpc) is 2.02. The zero-order chi connectivity index (χ0) is 9.40. The Bertz CT molecular complexity index is 83.8. The van der Waals surface area contributed by atoms with Gasteiger partial charge in [0.15, 0.2) is 0 Å². The predicted octanol–water partition coefficient (Wildman–Crippen LogP) is 2.18. The van der Waals surface area contributed by atoms with Crippen LogP contribution in [0.1, 0.15) is 39.5 Å². The molecule has 0 aromatic heterocycles. The van der Waals surface area contributed by atoms with Gasteiger partial charge in [-0.25, -0.2) is 0 Å². The molecule has 0 radical (unpaired) electrons. The molecule has 0 saturated heterocycles. The average molecular weight is 173 g/mol. The van der Waals surface area contributed by atoms with Crippen molar-refractivity contribution in [3.63, 3.8) is 0 Å². The highest BCUT2D eigenvalue weighted by atomic mass is 16.5. The summed E-state index contributed by atoms with van der Waals surface area (Å²) >= 11 is 0. The summed E-state index contributed by atoms with van der Waals surface area (Å²) in [7, 11) is 1.70. The van der Waals surface area contributed by atoms with Gasteiger partial charge >= 0.3 is 0 Å². The predicted molar refractivity (Wildman–Crippen MR) is 53.2 cm³/mol. The van der Waals surface area contributed by atoms with Crippen molar-refractivity contribution in [1.82, 2.24) is 0 Å². The molecule has 12 heavy (non-hydrogen) atoms. The van der Waals surface area contributed by atoms with Gasteiger partial charge in [-0.3, -0.25) is 0 Å². The summed E-state index contributed by atoms with van der Waals surface area (Å²) in [6.07, 6.45) is 4.92. The lowest BCUT2D eigenvalue weighted by Crippen LogP contribution is -2.25. The summed E-state index contributed by atoms with van der Waals surface area (Å²) in [4.78, 5) is 0. The van der Waals surface area contributed by atoms with Gasteiger partial charge in [0.1, 0.15) is 0 Å². The Hall–Kier alpha value is -0.0800. The first-order chi connectivity index (χ1) is 5.70. The SMILES string of the molecule is CCC[C@@H](C)CCC(N)COC. The minimum atomic E-state index is 0.231. The fraction of sp³-hybridized carbons (Fsp3) is 1.00. The van der Waals surface area contributed by atoms with Gasteiger partial charge in [-0.15, -0.1) is 0 Å². The van der Waals surface area contributed by atoms with Crippen LogP contribution in [0, 0.1) is 5.92 Å². The highest BCUT2D eigenvalue weighted by molar-refractivity contribution is 4.62. The largest absolute Gasteiger partial charge is 0.383 e. The molecule has 2 heteroatoms. The van der Waals surface area contributed by atoms with E-state index < -0.39 is 0 Å². The summed E-state index contributed by atoms with van der Waals surface area (Å²) < 4.78 is 4.97. The Kier molecular flexibility index (Phi) is 7.51. The molecule has 2 atom stereocenters. The molecule has 0 fully saturated rings. The van der Waals surface area contributed by atoms with E-state index in [0.717, 1.165) is 12.3 Å². The molecule has 0 bridgehead atoms. The molecule has 0 aliphatic heterocycles. The lowest BCUT2D eigenvalue weighted by molar-refractivity contribution is 0.174. The van der Waals surface area contributed by atoms with E-state index in [1.54, 1.807) is 7.11 Å². The number of hydrogen-bond donors (Lipinski definition) is 1. The molecule has 0 aromatic rings. The van der Waals surface area contributed by atoms with E-state index in [4.69, 9.17) is 10.5 Å². The first kappa shape index (κ1) is 11.9. The van der Waals surface area contributed by atoms with Crippen LogP contribution in [-0.2, 0) is 4.74 Å². The summed E-state index contributed by atoms with van der Waals surface area (Å²) in [6, 6.07) is 0.231. The molecule has 0 saturated carbocycles. The Morgan fingerprint density at radius 2 is 1.92 bits per heavy atom. The summed E-state index contributed by atoms with van der Waals surface area (Å²) in [5, 5.41) is 0. The lowest BCUT2D eigenvalue weighted by atomic mass is 9.98. The second-order valence-corrected chi connectivity index (χ2v) is 3.69. The van der Waals surface area contributed by atoms with Crippen LogP contribution in [0.15, 0.2) is 0 Å². The van der Waals surface area contributed by atoms with Crippen LogP contribution in [0.3, 0.4) is 0 Å². The number of ether oxygens (including phenoxy) is 1. The van der Waals surface area contributed by atoms with Gasteiger partial charge in [0, 0.05) is 13.2 Å². The van der Waals surface area contributed by atoms with Gasteiger partial charge in [0.05, 0.1) is 6.61 Å². The molecule has 74 valence electrons. The zero-order valence-electron chi connectivity index (χ0n) is 8.68. The zero-order valence-corrected chi connectivity index (χ0v) is 8.68. The van der Waals surface area contributed by atoms with Crippen LogP contribution in [-0.4, -0.2) is 19.8 Å². The fourth-order valence-corrected chi connectivity index (χ4v) is 1.43. The molecule has 1 unspecified atom stereocenters. The number of nitrogens with two attached hydrogens (primary N) is 1. The topological polar surface area (TPSA) is 35.2 Å². The Labute approximate surface area is 76.5 Å². The van der Waals surface area contributed by atoms with E-state index >= 15 is 0 Å². The summed E-state index contributed by atoms with van der Waals surface area (Å²) in [5.41, 5.74) is 5.80. The maximum absolute atomic E-state index is 5.80. The Balaban J connectivity index is 3.27. The highest BCUT2D eigenvalue weighted by Crippen LogP contribution is 2.12. The normalized spacial score (nSPS) is 16.0. The van der Waals surface area contributed by atoms with Gasteiger partial charge in [-0.1, -0.05) is 26.7 Å². The van der Waals surface area contributed by atoms with Gasteiger partial charge in [-0.2, -0.15) is 0 Å². The molecule has 0 heterocycles. The van der Waals surface area contributed by atoms with E-state index in [-0.39, 0.29) is 6.04 Å². The smallest absolute Gasteiger partial charge is 0.0613 e. The van der Waals surface area contributed by atoms with Crippen molar-refractivity contribution in [2.24, 2.45) is 11.7 Å². The van der Waals surface area contributed by atoms with Crippen LogP contribution in [0.4, 0.5) is 0 Å². The summed E-state index contributed by atoms with van der Waals surface area (Å²) in [5.74, 6) is 0.818. The first-order valence-corrected chi connectivity index (χ1v) is 4.95. The van der Waals surface area contributed by atoms with Crippen LogP contribution in [0.25, 0.3) is 0 Å². The quantitative estimate of drug-likeness (QED) is 0.640. The van der Waals surface area contributed by atoms with E-state index in [9.17, 15) is 0 Å². The minimum absolute atomic E-state index is 0.231. The third kappa shape index (κ3) is 6.62. The van der Waals surface area contributed by atoms with Crippen molar-refractivity contribution in [2.45, 2.75) is 45.6 Å². The molecule has 0 aromatic carbocycles. The molecule has 0 spiro atoms. The second-order valence-electron chi connectivity index (χ2n) is 3.69. The monoisotopic (exact) mass is 173 g/mol. The van der Waals surface area contributed by atoms with E-state index in [1.807, 2.05) is 0 Å². The van der Waals surface area contributed by atoms with Crippen molar-refractivity contribution in [1.29, 1.82) is 0 Å². The van der Waals surface area contributed by atoms with Crippen molar-refractivity contribution < 1.29 is 4.74 Å². The van der Waals surface area contributed by atoms with E-state index in [2.05, 4.69) is 13.8 Å². The molecule has 0 rings (SSSR count). The molecular weight excluding hydrogens is 150 g/mol. The van der Waals surface area contributed by atoms with Crippen LogP contribution in [0.5, 0.6) is 0 Å². The maximum atomic E-state index is 5.80. The molecule has 0 amide bonds. The molecule has 0 aliphatic rings. The van der Waals surface area contributed by atoms with E-state index in [1.165, 1.54) is 19.3 Å². The Morgan fingerprint density at radius 1 is 1.25 bits per heavy atom. The van der Waals surface area contributed by atoms with Gasteiger partial charge < -0.3 is 10.5 Å². The molecule has 2 nitrogen and oxygen atoms in total. The van der Waals surface area contributed by atoms with Crippen LogP contribution >= 0.6 is 0 Å². The highest BCUT2D eigenvalue weighted by Gasteiger charge is 2.05. The number of methoxy groups -OCH3 is 1. The lowest BCUT2D eigenvalue weighted by Gasteiger charge is -2.13.